The molecule has 124 valence electrons. The van der Waals surface area contributed by atoms with Crippen LogP contribution < -0.4 is 4.74 Å². The van der Waals surface area contributed by atoms with Gasteiger partial charge in [-0.25, -0.2) is 0 Å². The van der Waals surface area contributed by atoms with Gasteiger partial charge in [-0.1, -0.05) is 13.0 Å². The van der Waals surface area contributed by atoms with Crippen LogP contribution in [0.25, 0.3) is 0 Å². The fourth-order valence-electron chi connectivity index (χ4n) is 4.03. The average molecular weight is 317 g/mol. The number of benzene rings is 1. The van der Waals surface area contributed by atoms with E-state index in [2.05, 4.69) is 18.9 Å². The second-order valence-corrected chi connectivity index (χ2v) is 6.86. The smallest absolute Gasteiger partial charge is 0.308 e. The second-order valence-electron chi connectivity index (χ2n) is 6.86. The van der Waals surface area contributed by atoms with E-state index in [0.717, 1.165) is 24.9 Å². The number of esters is 2. The molecule has 3 rings (SSSR count). The molecule has 1 heterocycles. The zero-order chi connectivity index (χ0) is 16.8. The minimum atomic E-state index is -0.330. The molecule has 0 spiro atoms. The molecule has 2 bridgehead atoms. The van der Waals surface area contributed by atoms with Gasteiger partial charge in [-0.2, -0.15) is 0 Å². The molecule has 0 saturated carbocycles. The summed E-state index contributed by atoms with van der Waals surface area (Å²) in [5.74, 6) is -0.0266. The monoisotopic (exact) mass is 317 g/mol. The van der Waals surface area contributed by atoms with Crippen molar-refractivity contribution in [2.24, 2.45) is 0 Å². The van der Waals surface area contributed by atoms with Gasteiger partial charge in [-0.15, -0.1) is 0 Å². The van der Waals surface area contributed by atoms with Crippen LogP contribution in [0.2, 0.25) is 0 Å². The minimum Gasteiger partial charge on any atom is -0.460 e. The van der Waals surface area contributed by atoms with Crippen LogP contribution in [0, 0.1) is 0 Å². The predicted octanol–water partition coefficient (Wildman–Crippen LogP) is 2.06. The topological polar surface area (TPSA) is 55.8 Å². The first kappa shape index (κ1) is 16.0. The number of carbonyl (C=O) groups is 2. The highest BCUT2D eigenvalue weighted by Gasteiger charge is 2.52. The maximum absolute atomic E-state index is 11.6. The Morgan fingerprint density at radius 1 is 1.26 bits per heavy atom. The van der Waals surface area contributed by atoms with Crippen molar-refractivity contribution < 1.29 is 19.1 Å². The van der Waals surface area contributed by atoms with Crippen molar-refractivity contribution >= 4 is 11.9 Å². The van der Waals surface area contributed by atoms with Crippen LogP contribution in [0.3, 0.4) is 0 Å². The number of carbonyl (C=O) groups excluding carboxylic acids is 2. The van der Waals surface area contributed by atoms with E-state index < -0.39 is 0 Å². The van der Waals surface area contributed by atoms with E-state index in [-0.39, 0.29) is 29.5 Å². The first-order valence-corrected chi connectivity index (χ1v) is 8.00. The number of likely N-dealkylation sites (tertiary alicyclic amines) is 1. The van der Waals surface area contributed by atoms with Crippen molar-refractivity contribution in [1.29, 1.82) is 0 Å². The van der Waals surface area contributed by atoms with Crippen LogP contribution in [0.1, 0.15) is 38.3 Å². The Balaban J connectivity index is 2.06. The van der Waals surface area contributed by atoms with Crippen molar-refractivity contribution in [2.45, 2.75) is 51.2 Å². The van der Waals surface area contributed by atoms with Crippen LogP contribution in [0.5, 0.6) is 5.75 Å². The van der Waals surface area contributed by atoms with Crippen molar-refractivity contribution in [3.05, 3.63) is 29.3 Å². The zero-order valence-electron chi connectivity index (χ0n) is 14.1. The molecular weight excluding hydrogens is 294 g/mol. The number of rotatable bonds is 2. The number of nitrogens with zero attached hydrogens (tertiary/aromatic N) is 1. The summed E-state index contributed by atoms with van der Waals surface area (Å²) in [5, 5.41) is 0. The van der Waals surface area contributed by atoms with Gasteiger partial charge >= 0.3 is 11.9 Å². The number of fused-ring (bicyclic) bond motifs is 4. The van der Waals surface area contributed by atoms with Gasteiger partial charge in [-0.3, -0.25) is 14.5 Å². The second kappa shape index (κ2) is 5.64. The number of ether oxygens (including phenoxy) is 2. The standard InChI is InChI=1S/C18H23NO4/c1-11(20)22-14-6-5-13-9-16-17(23-12(2)21)18(3,15(13)10-14)7-8-19(16)4/h5-6,10,16-17H,7-9H2,1-4H3. The lowest BCUT2D eigenvalue weighted by Gasteiger charge is -2.53. The summed E-state index contributed by atoms with van der Waals surface area (Å²) in [6, 6.07) is 5.99. The largest absolute Gasteiger partial charge is 0.460 e. The molecule has 0 N–H and O–H groups in total. The molecule has 0 radical (unpaired) electrons. The maximum Gasteiger partial charge on any atom is 0.308 e. The molecule has 23 heavy (non-hydrogen) atoms. The quantitative estimate of drug-likeness (QED) is 0.617. The van der Waals surface area contributed by atoms with E-state index in [1.165, 1.54) is 19.4 Å². The maximum atomic E-state index is 11.6. The van der Waals surface area contributed by atoms with E-state index in [4.69, 9.17) is 9.47 Å². The Morgan fingerprint density at radius 3 is 2.65 bits per heavy atom. The molecule has 1 aromatic rings. The Hall–Kier alpha value is -1.88. The van der Waals surface area contributed by atoms with E-state index in [1.54, 1.807) is 0 Å². The molecule has 3 atom stereocenters. The molecule has 1 fully saturated rings. The molecule has 1 aliphatic carbocycles. The number of hydrogen-bond donors (Lipinski definition) is 0. The summed E-state index contributed by atoms with van der Waals surface area (Å²) in [6.45, 7) is 5.96. The SMILES string of the molecule is CC(=O)Oc1ccc2c(c1)C1(C)CCN(C)C(C2)C1OC(C)=O. The van der Waals surface area contributed by atoms with Crippen molar-refractivity contribution in [3.63, 3.8) is 0 Å². The number of likely N-dealkylation sites (N-methyl/N-ethyl adjacent to an activating group) is 1. The molecule has 5 heteroatoms. The van der Waals surface area contributed by atoms with Crippen molar-refractivity contribution in [2.75, 3.05) is 13.6 Å². The third kappa shape index (κ3) is 2.74. The first-order valence-electron chi connectivity index (χ1n) is 8.00. The minimum absolute atomic E-state index is 0.182. The van der Waals surface area contributed by atoms with Gasteiger partial charge in [0.25, 0.3) is 0 Å². The normalized spacial score (nSPS) is 29.6. The molecule has 2 aliphatic rings. The predicted molar refractivity (Wildman–Crippen MR) is 85.4 cm³/mol. The summed E-state index contributed by atoms with van der Waals surface area (Å²) in [6.07, 6.45) is 1.55. The molecule has 5 nitrogen and oxygen atoms in total. The Kier molecular flexibility index (Phi) is 3.92. The summed E-state index contributed by atoms with van der Waals surface area (Å²) in [7, 11) is 2.08. The summed E-state index contributed by atoms with van der Waals surface area (Å²) >= 11 is 0. The van der Waals surface area contributed by atoms with Crippen molar-refractivity contribution in [1.82, 2.24) is 4.90 Å². The van der Waals surface area contributed by atoms with Gasteiger partial charge in [0, 0.05) is 19.3 Å². The van der Waals surface area contributed by atoms with Crippen molar-refractivity contribution in [3.8, 4) is 5.75 Å². The van der Waals surface area contributed by atoms with Crippen LogP contribution in [0.4, 0.5) is 0 Å². The highest BCUT2D eigenvalue weighted by molar-refractivity contribution is 5.69. The molecule has 3 unspecified atom stereocenters. The summed E-state index contributed by atoms with van der Waals surface area (Å²) in [4.78, 5) is 25.1. The molecule has 1 aromatic carbocycles. The third-order valence-corrected chi connectivity index (χ3v) is 5.21. The van der Waals surface area contributed by atoms with Crippen LogP contribution in [0.15, 0.2) is 18.2 Å². The molecular formula is C18H23NO4. The van der Waals surface area contributed by atoms with Gasteiger partial charge in [0.05, 0.1) is 6.04 Å². The van der Waals surface area contributed by atoms with Gasteiger partial charge < -0.3 is 9.47 Å². The number of hydrogen-bond acceptors (Lipinski definition) is 5. The highest BCUT2D eigenvalue weighted by atomic mass is 16.5. The molecule has 1 saturated heterocycles. The van der Waals surface area contributed by atoms with E-state index >= 15 is 0 Å². The third-order valence-electron chi connectivity index (χ3n) is 5.21. The lowest BCUT2D eigenvalue weighted by molar-refractivity contribution is -0.159. The molecule has 1 aliphatic heterocycles. The first-order chi connectivity index (χ1) is 10.8. The van der Waals surface area contributed by atoms with Gasteiger partial charge in [0.15, 0.2) is 0 Å². The average Bonchev–Trinajstić information content (AvgIpc) is 2.46. The van der Waals surface area contributed by atoms with E-state index in [1.807, 2.05) is 18.2 Å². The van der Waals surface area contributed by atoms with E-state index in [9.17, 15) is 9.59 Å². The van der Waals surface area contributed by atoms with Gasteiger partial charge in [0.1, 0.15) is 11.9 Å². The highest BCUT2D eigenvalue weighted by Crippen LogP contribution is 2.47. The van der Waals surface area contributed by atoms with Crippen LogP contribution >= 0.6 is 0 Å². The summed E-state index contributed by atoms with van der Waals surface area (Å²) in [5.41, 5.74) is 2.11. The fourth-order valence-corrected chi connectivity index (χ4v) is 4.03. The Morgan fingerprint density at radius 2 is 2.00 bits per heavy atom. The van der Waals surface area contributed by atoms with Gasteiger partial charge in [0.2, 0.25) is 0 Å². The van der Waals surface area contributed by atoms with Crippen LogP contribution in [-0.4, -0.2) is 42.6 Å². The van der Waals surface area contributed by atoms with Crippen LogP contribution in [-0.2, 0) is 26.2 Å². The fraction of sp³-hybridized carbons (Fsp3) is 0.556. The Labute approximate surface area is 136 Å². The summed E-state index contributed by atoms with van der Waals surface area (Å²) < 4.78 is 11.0. The molecule has 0 amide bonds. The lowest BCUT2D eigenvalue weighted by atomic mass is 9.63. The zero-order valence-corrected chi connectivity index (χ0v) is 14.1. The van der Waals surface area contributed by atoms with E-state index in [0.29, 0.717) is 5.75 Å². The number of piperidine rings is 1. The Bertz CT molecular complexity index is 656. The lowest BCUT2D eigenvalue weighted by Crippen LogP contribution is -2.62. The molecule has 0 aromatic heterocycles. The van der Waals surface area contributed by atoms with Gasteiger partial charge in [-0.05, 0) is 49.7 Å².